The van der Waals surface area contributed by atoms with Gasteiger partial charge in [0.2, 0.25) is 0 Å². The van der Waals surface area contributed by atoms with Crippen molar-refractivity contribution in [2.75, 3.05) is 37.5 Å². The van der Waals surface area contributed by atoms with Crippen molar-refractivity contribution in [1.29, 1.82) is 0 Å². The number of nitrogens with zero attached hydrogens (tertiary/aromatic N) is 3. The molecule has 2 aromatic rings. The van der Waals surface area contributed by atoms with Crippen molar-refractivity contribution in [1.82, 2.24) is 0 Å². The van der Waals surface area contributed by atoms with Crippen molar-refractivity contribution in [2.45, 2.75) is 6.92 Å². The van der Waals surface area contributed by atoms with Crippen molar-refractivity contribution in [3.8, 4) is 0 Å². The summed E-state index contributed by atoms with van der Waals surface area (Å²) >= 11 is 0. The van der Waals surface area contributed by atoms with Gasteiger partial charge in [-0.25, -0.2) is 9.79 Å². The Labute approximate surface area is 143 Å². The highest BCUT2D eigenvalue weighted by molar-refractivity contribution is 5.90. The van der Waals surface area contributed by atoms with Gasteiger partial charge in [-0.2, -0.15) is 0 Å². The van der Waals surface area contributed by atoms with Crippen LogP contribution in [0.2, 0.25) is 0 Å². The van der Waals surface area contributed by atoms with Crippen molar-refractivity contribution in [3.63, 3.8) is 0 Å². The number of anilines is 2. The van der Waals surface area contributed by atoms with Gasteiger partial charge in [0.25, 0.3) is 0 Å². The van der Waals surface area contributed by atoms with Crippen LogP contribution in [0.4, 0.5) is 17.1 Å². The molecule has 0 fully saturated rings. The van der Waals surface area contributed by atoms with Crippen LogP contribution in [0.1, 0.15) is 17.3 Å². The Balaban J connectivity index is 2.02. The quantitative estimate of drug-likeness (QED) is 0.461. The Hall–Kier alpha value is -2.82. The summed E-state index contributed by atoms with van der Waals surface area (Å²) in [5.74, 6) is -0.314. The molecule has 0 unspecified atom stereocenters. The van der Waals surface area contributed by atoms with E-state index in [4.69, 9.17) is 4.74 Å². The third kappa shape index (κ3) is 4.59. The lowest BCUT2D eigenvalue weighted by molar-refractivity contribution is 0.0526. The van der Waals surface area contributed by atoms with E-state index in [1.165, 1.54) is 0 Å². The van der Waals surface area contributed by atoms with Crippen LogP contribution in [0.5, 0.6) is 0 Å². The number of hydrogen-bond acceptors (Lipinski definition) is 4. The van der Waals surface area contributed by atoms with Gasteiger partial charge in [-0.15, -0.1) is 0 Å². The number of benzene rings is 2. The van der Waals surface area contributed by atoms with Crippen molar-refractivity contribution < 1.29 is 9.53 Å². The maximum absolute atomic E-state index is 11.6. The molecule has 0 radical (unpaired) electrons. The largest absolute Gasteiger partial charge is 0.462 e. The average Bonchev–Trinajstić information content (AvgIpc) is 2.60. The van der Waals surface area contributed by atoms with E-state index in [0.717, 1.165) is 17.1 Å². The Bertz CT molecular complexity index is 692. The average molecular weight is 325 g/mol. The minimum Gasteiger partial charge on any atom is -0.462 e. The van der Waals surface area contributed by atoms with Crippen LogP contribution in [0.3, 0.4) is 0 Å². The van der Waals surface area contributed by atoms with E-state index in [2.05, 4.69) is 22.0 Å². The zero-order valence-electron chi connectivity index (χ0n) is 14.6. The summed E-state index contributed by atoms with van der Waals surface area (Å²) < 4.78 is 4.96. The van der Waals surface area contributed by atoms with Crippen molar-refractivity contribution in [3.05, 3.63) is 54.1 Å². The highest BCUT2D eigenvalue weighted by Gasteiger charge is 2.05. The SMILES string of the molecule is CCOC(=O)c1ccc(/N=C/N(C)c2ccc(N(C)C)cc2)cc1. The van der Waals surface area contributed by atoms with E-state index in [1.807, 2.05) is 38.2 Å². The van der Waals surface area contributed by atoms with Crippen LogP contribution in [0.25, 0.3) is 0 Å². The highest BCUT2D eigenvalue weighted by Crippen LogP contribution is 2.19. The van der Waals surface area contributed by atoms with E-state index >= 15 is 0 Å². The van der Waals surface area contributed by atoms with E-state index in [1.54, 1.807) is 37.5 Å². The molecule has 0 spiro atoms. The molecule has 0 atom stereocenters. The van der Waals surface area contributed by atoms with Crippen LogP contribution < -0.4 is 9.80 Å². The van der Waals surface area contributed by atoms with Crippen LogP contribution >= 0.6 is 0 Å². The summed E-state index contributed by atoms with van der Waals surface area (Å²) in [6, 6.07) is 15.3. The smallest absolute Gasteiger partial charge is 0.338 e. The lowest BCUT2D eigenvalue weighted by Gasteiger charge is -2.16. The molecule has 0 aliphatic heterocycles. The van der Waals surface area contributed by atoms with Gasteiger partial charge in [-0.3, -0.25) is 0 Å². The molecule has 0 heterocycles. The van der Waals surface area contributed by atoms with Crippen molar-refractivity contribution in [2.24, 2.45) is 4.99 Å². The van der Waals surface area contributed by atoms with Gasteiger partial charge in [0, 0.05) is 32.5 Å². The van der Waals surface area contributed by atoms with Crippen LogP contribution in [-0.4, -0.2) is 40.1 Å². The predicted octanol–water partition coefficient (Wildman–Crippen LogP) is 3.73. The van der Waals surface area contributed by atoms with Crippen LogP contribution in [-0.2, 0) is 4.74 Å². The molecule has 24 heavy (non-hydrogen) atoms. The van der Waals surface area contributed by atoms with Gasteiger partial charge >= 0.3 is 5.97 Å². The summed E-state index contributed by atoms with van der Waals surface area (Å²) in [5.41, 5.74) is 3.51. The standard InChI is InChI=1S/C19H23N3O2/c1-5-24-19(23)15-6-8-16(9-7-15)20-14-22(4)18-12-10-17(11-13-18)21(2)3/h6-14H,5H2,1-4H3/b20-14+. The molecule has 2 rings (SSSR count). The minimum absolute atomic E-state index is 0.314. The first-order valence-corrected chi connectivity index (χ1v) is 7.83. The van der Waals surface area contributed by atoms with Gasteiger partial charge in [0.15, 0.2) is 0 Å². The van der Waals surface area contributed by atoms with Crippen LogP contribution in [0.15, 0.2) is 53.5 Å². The highest BCUT2D eigenvalue weighted by atomic mass is 16.5. The second-order valence-electron chi connectivity index (χ2n) is 5.53. The Morgan fingerprint density at radius 2 is 1.58 bits per heavy atom. The lowest BCUT2D eigenvalue weighted by Crippen LogP contribution is -2.14. The van der Waals surface area contributed by atoms with E-state index < -0.39 is 0 Å². The van der Waals surface area contributed by atoms with E-state index in [9.17, 15) is 4.79 Å². The fourth-order valence-electron chi connectivity index (χ4n) is 2.10. The molecule has 5 nitrogen and oxygen atoms in total. The van der Waals surface area contributed by atoms with Gasteiger partial charge < -0.3 is 14.5 Å². The molecule has 126 valence electrons. The summed E-state index contributed by atoms with van der Waals surface area (Å²) in [7, 11) is 5.97. The number of carbonyl (C=O) groups is 1. The first-order valence-electron chi connectivity index (χ1n) is 7.83. The number of rotatable bonds is 6. The van der Waals surface area contributed by atoms with Gasteiger partial charge in [0.05, 0.1) is 24.2 Å². The Morgan fingerprint density at radius 1 is 1.00 bits per heavy atom. The molecular formula is C19H23N3O2. The summed E-state index contributed by atoms with van der Waals surface area (Å²) in [4.78, 5) is 20.0. The number of ether oxygens (including phenoxy) is 1. The first kappa shape index (κ1) is 17.5. The zero-order valence-corrected chi connectivity index (χ0v) is 14.6. The van der Waals surface area contributed by atoms with Gasteiger partial charge in [-0.1, -0.05) is 0 Å². The third-order valence-corrected chi connectivity index (χ3v) is 3.53. The fourth-order valence-corrected chi connectivity index (χ4v) is 2.10. The fraction of sp³-hybridized carbons (Fsp3) is 0.263. The normalized spacial score (nSPS) is 10.7. The van der Waals surface area contributed by atoms with Gasteiger partial charge in [-0.05, 0) is 55.5 Å². The molecule has 0 N–H and O–H groups in total. The summed E-state index contributed by atoms with van der Waals surface area (Å²) in [5, 5.41) is 0. The molecule has 0 bridgehead atoms. The van der Waals surface area contributed by atoms with E-state index in [0.29, 0.717) is 12.2 Å². The Kier molecular flexibility index (Phi) is 5.95. The predicted molar refractivity (Wildman–Crippen MR) is 99.7 cm³/mol. The molecule has 0 amide bonds. The summed E-state index contributed by atoms with van der Waals surface area (Å²) in [6.45, 7) is 2.16. The molecular weight excluding hydrogens is 302 g/mol. The van der Waals surface area contributed by atoms with E-state index in [-0.39, 0.29) is 5.97 Å². The second-order valence-corrected chi connectivity index (χ2v) is 5.53. The number of esters is 1. The molecule has 2 aromatic carbocycles. The number of carbonyl (C=O) groups excluding carboxylic acids is 1. The molecule has 0 aromatic heterocycles. The van der Waals surface area contributed by atoms with Gasteiger partial charge in [0.1, 0.15) is 0 Å². The third-order valence-electron chi connectivity index (χ3n) is 3.53. The second kappa shape index (κ2) is 8.15. The topological polar surface area (TPSA) is 45.1 Å². The molecule has 0 saturated heterocycles. The lowest BCUT2D eigenvalue weighted by atomic mass is 10.2. The number of hydrogen-bond donors (Lipinski definition) is 0. The molecule has 0 saturated carbocycles. The monoisotopic (exact) mass is 325 g/mol. The van der Waals surface area contributed by atoms with Crippen molar-refractivity contribution >= 4 is 29.4 Å². The first-order chi connectivity index (χ1) is 11.5. The zero-order chi connectivity index (χ0) is 17.5. The minimum atomic E-state index is -0.314. The number of aliphatic imine (C=N–C) groups is 1. The maximum Gasteiger partial charge on any atom is 0.338 e. The summed E-state index contributed by atoms with van der Waals surface area (Å²) in [6.07, 6.45) is 1.75. The molecule has 0 aliphatic rings. The molecule has 5 heteroatoms. The molecule has 0 aliphatic carbocycles. The Morgan fingerprint density at radius 3 is 2.12 bits per heavy atom. The maximum atomic E-state index is 11.6. The van der Waals surface area contributed by atoms with Crippen LogP contribution in [0, 0.1) is 0 Å².